The van der Waals surface area contributed by atoms with Gasteiger partial charge in [0, 0.05) is 26.3 Å². The number of likely N-dealkylation sites (N-methyl/N-ethyl adjacent to an activating group) is 1. The lowest BCUT2D eigenvalue weighted by atomic mass is 10.2. The largest absolute Gasteiger partial charge is 0.394 e. The average molecular weight is 239 g/mol. The summed E-state index contributed by atoms with van der Waals surface area (Å²) in [5, 5.41) is 11.6. The lowest BCUT2D eigenvalue weighted by Gasteiger charge is -2.16. The topological polar surface area (TPSA) is 57.6 Å². The van der Waals surface area contributed by atoms with E-state index in [0.29, 0.717) is 13.2 Å². The van der Waals surface area contributed by atoms with Crippen LogP contribution < -0.4 is 5.32 Å². The molecule has 2 N–H and O–H groups in total. The zero-order valence-electron chi connectivity index (χ0n) is 10.5. The van der Waals surface area contributed by atoms with E-state index in [1.165, 1.54) is 5.56 Å². The summed E-state index contributed by atoms with van der Waals surface area (Å²) in [5.41, 5.74) is 1.22. The highest BCUT2D eigenvalue weighted by atomic mass is 16.5. The van der Waals surface area contributed by atoms with Crippen molar-refractivity contribution in [1.82, 2.24) is 9.88 Å². The fourth-order valence-corrected chi connectivity index (χ4v) is 1.49. The molecule has 0 amide bonds. The second kappa shape index (κ2) is 8.00. The third-order valence-corrected chi connectivity index (χ3v) is 2.39. The van der Waals surface area contributed by atoms with E-state index >= 15 is 0 Å². The van der Waals surface area contributed by atoms with E-state index in [2.05, 4.69) is 15.2 Å². The van der Waals surface area contributed by atoms with Crippen molar-refractivity contribution < 1.29 is 9.84 Å². The van der Waals surface area contributed by atoms with E-state index in [4.69, 9.17) is 9.84 Å². The van der Waals surface area contributed by atoms with Gasteiger partial charge in [-0.1, -0.05) is 0 Å². The number of nitrogens with one attached hydrogen (secondary N) is 1. The number of aliphatic hydroxyl groups excluding tert-OH is 1. The van der Waals surface area contributed by atoms with Crippen LogP contribution in [0, 0.1) is 0 Å². The van der Waals surface area contributed by atoms with Crippen molar-refractivity contribution >= 4 is 5.82 Å². The third-order valence-electron chi connectivity index (χ3n) is 2.39. The Balaban J connectivity index is 2.31. The van der Waals surface area contributed by atoms with Gasteiger partial charge >= 0.3 is 0 Å². The number of nitrogens with zero attached hydrogens (tertiary/aromatic N) is 2. The van der Waals surface area contributed by atoms with Crippen LogP contribution in [0.4, 0.5) is 5.82 Å². The van der Waals surface area contributed by atoms with E-state index in [1.54, 1.807) is 6.20 Å². The van der Waals surface area contributed by atoms with Crippen LogP contribution in [0.2, 0.25) is 0 Å². The number of rotatable bonds is 8. The number of pyridine rings is 1. The fourth-order valence-electron chi connectivity index (χ4n) is 1.49. The summed E-state index contributed by atoms with van der Waals surface area (Å²) in [6.07, 6.45) is 1.80. The fraction of sp³-hybridized carbons (Fsp3) is 0.583. The van der Waals surface area contributed by atoms with Gasteiger partial charge in [-0.2, -0.15) is 0 Å². The molecule has 96 valence electrons. The Kier molecular flexibility index (Phi) is 6.54. The summed E-state index contributed by atoms with van der Waals surface area (Å²) in [6.45, 7) is 2.84. The summed E-state index contributed by atoms with van der Waals surface area (Å²) in [7, 11) is 3.90. The van der Waals surface area contributed by atoms with Gasteiger partial charge in [-0.25, -0.2) is 4.98 Å². The van der Waals surface area contributed by atoms with Crippen LogP contribution >= 0.6 is 0 Å². The second-order valence-corrected chi connectivity index (χ2v) is 3.87. The summed E-state index contributed by atoms with van der Waals surface area (Å²) in [5.74, 6) is 0.882. The lowest BCUT2D eigenvalue weighted by Crippen LogP contribution is -2.23. The minimum atomic E-state index is 0.0829. The number of ether oxygens (including phenoxy) is 1. The van der Waals surface area contributed by atoms with Gasteiger partial charge in [0.15, 0.2) is 0 Å². The minimum absolute atomic E-state index is 0.0829. The van der Waals surface area contributed by atoms with E-state index in [1.807, 2.05) is 26.2 Å². The third kappa shape index (κ3) is 5.63. The first-order valence-electron chi connectivity index (χ1n) is 5.76. The average Bonchev–Trinajstić information content (AvgIpc) is 2.35. The predicted molar refractivity (Wildman–Crippen MR) is 68.0 cm³/mol. The summed E-state index contributed by atoms with van der Waals surface area (Å²) >= 11 is 0. The maximum absolute atomic E-state index is 8.57. The van der Waals surface area contributed by atoms with Gasteiger partial charge in [-0.05, 0) is 24.7 Å². The van der Waals surface area contributed by atoms with Crippen molar-refractivity contribution in [3.8, 4) is 0 Å². The molecule has 0 aromatic carbocycles. The standard InChI is InChI=1S/C12H21N3O2/c1-13-12-9-11(3-4-14-12)10-15(2)5-7-17-8-6-16/h3-4,9,16H,5-8,10H2,1-2H3,(H,13,14). The van der Waals surface area contributed by atoms with Gasteiger partial charge in [0.25, 0.3) is 0 Å². The second-order valence-electron chi connectivity index (χ2n) is 3.87. The molecule has 1 aromatic rings. The Morgan fingerprint density at radius 1 is 1.47 bits per heavy atom. The molecular weight excluding hydrogens is 218 g/mol. The van der Waals surface area contributed by atoms with Gasteiger partial charge < -0.3 is 15.2 Å². The van der Waals surface area contributed by atoms with Crippen LogP contribution in [0.3, 0.4) is 0 Å². The van der Waals surface area contributed by atoms with E-state index in [0.717, 1.165) is 18.9 Å². The Labute approximate surface area is 102 Å². The molecule has 0 bridgehead atoms. The smallest absolute Gasteiger partial charge is 0.125 e. The van der Waals surface area contributed by atoms with Gasteiger partial charge in [0.1, 0.15) is 5.82 Å². The highest BCUT2D eigenvalue weighted by Gasteiger charge is 2.01. The molecule has 1 heterocycles. The minimum Gasteiger partial charge on any atom is -0.394 e. The molecule has 0 fully saturated rings. The van der Waals surface area contributed by atoms with Crippen molar-refractivity contribution in [3.63, 3.8) is 0 Å². The molecule has 0 saturated carbocycles. The molecule has 0 spiro atoms. The molecule has 0 aliphatic heterocycles. The van der Waals surface area contributed by atoms with Gasteiger partial charge in [0.05, 0.1) is 19.8 Å². The maximum atomic E-state index is 8.57. The highest BCUT2D eigenvalue weighted by molar-refractivity contribution is 5.36. The molecule has 0 atom stereocenters. The number of aromatic nitrogens is 1. The molecule has 1 aromatic heterocycles. The summed E-state index contributed by atoms with van der Waals surface area (Å²) in [6, 6.07) is 4.04. The molecule has 5 nitrogen and oxygen atoms in total. The van der Waals surface area contributed by atoms with Crippen LogP contribution in [0.15, 0.2) is 18.3 Å². The Morgan fingerprint density at radius 2 is 2.29 bits per heavy atom. The molecule has 17 heavy (non-hydrogen) atoms. The molecule has 5 heteroatoms. The molecule has 0 radical (unpaired) electrons. The van der Waals surface area contributed by atoms with Crippen molar-refractivity contribution in [2.45, 2.75) is 6.54 Å². The van der Waals surface area contributed by atoms with Crippen LogP contribution in [-0.4, -0.2) is 55.5 Å². The SMILES string of the molecule is CNc1cc(CN(C)CCOCCO)ccn1. The van der Waals surface area contributed by atoms with Crippen molar-refractivity contribution in [2.24, 2.45) is 0 Å². The number of hydrogen-bond acceptors (Lipinski definition) is 5. The van der Waals surface area contributed by atoms with Crippen molar-refractivity contribution in [1.29, 1.82) is 0 Å². The molecule has 0 aliphatic carbocycles. The molecule has 1 rings (SSSR count). The predicted octanol–water partition coefficient (Wildman–Crippen LogP) is 0.564. The Hall–Kier alpha value is -1.17. The first-order valence-corrected chi connectivity index (χ1v) is 5.76. The summed E-state index contributed by atoms with van der Waals surface area (Å²) in [4.78, 5) is 6.34. The van der Waals surface area contributed by atoms with Crippen molar-refractivity contribution in [3.05, 3.63) is 23.9 Å². The molecule has 0 saturated heterocycles. The van der Waals surface area contributed by atoms with Gasteiger partial charge in [0.2, 0.25) is 0 Å². The number of aliphatic hydroxyl groups is 1. The van der Waals surface area contributed by atoms with Crippen molar-refractivity contribution in [2.75, 3.05) is 45.8 Å². The monoisotopic (exact) mass is 239 g/mol. The molecule has 0 aliphatic rings. The van der Waals surface area contributed by atoms with Crippen LogP contribution in [0.25, 0.3) is 0 Å². The van der Waals surface area contributed by atoms with Crippen LogP contribution in [0.5, 0.6) is 0 Å². The van der Waals surface area contributed by atoms with E-state index < -0.39 is 0 Å². The highest BCUT2D eigenvalue weighted by Crippen LogP contribution is 2.07. The first kappa shape index (κ1) is 13.9. The number of hydrogen-bond donors (Lipinski definition) is 2. The molecule has 0 unspecified atom stereocenters. The van der Waals surface area contributed by atoms with E-state index in [9.17, 15) is 0 Å². The first-order chi connectivity index (χ1) is 8.26. The number of anilines is 1. The van der Waals surface area contributed by atoms with Gasteiger partial charge in [-0.3, -0.25) is 4.90 Å². The van der Waals surface area contributed by atoms with Crippen LogP contribution in [-0.2, 0) is 11.3 Å². The van der Waals surface area contributed by atoms with E-state index in [-0.39, 0.29) is 6.61 Å². The maximum Gasteiger partial charge on any atom is 0.125 e. The molecular formula is C12H21N3O2. The quantitative estimate of drug-likeness (QED) is 0.649. The zero-order valence-corrected chi connectivity index (χ0v) is 10.5. The Bertz CT molecular complexity index is 320. The lowest BCUT2D eigenvalue weighted by molar-refractivity contribution is 0.0773. The Morgan fingerprint density at radius 3 is 3.00 bits per heavy atom. The summed E-state index contributed by atoms with van der Waals surface area (Å²) < 4.78 is 5.22. The normalized spacial score (nSPS) is 10.8. The zero-order chi connectivity index (χ0) is 12.5. The van der Waals surface area contributed by atoms with Crippen LogP contribution in [0.1, 0.15) is 5.56 Å². The van der Waals surface area contributed by atoms with Gasteiger partial charge in [-0.15, -0.1) is 0 Å².